The molecule has 0 saturated carbocycles. The van der Waals surface area contributed by atoms with E-state index in [2.05, 4.69) is 25.5 Å². The lowest BCUT2D eigenvalue weighted by Crippen LogP contribution is -2.44. The summed E-state index contributed by atoms with van der Waals surface area (Å²) in [4.78, 5) is 48.1. The Bertz CT molecular complexity index is 726. The summed E-state index contributed by atoms with van der Waals surface area (Å²) < 4.78 is 21.4. The van der Waals surface area contributed by atoms with Crippen LogP contribution in [0.15, 0.2) is 16.4 Å². The van der Waals surface area contributed by atoms with E-state index in [1.807, 2.05) is 0 Å². The van der Waals surface area contributed by atoms with E-state index in [0.717, 1.165) is 32.1 Å². The van der Waals surface area contributed by atoms with Crippen molar-refractivity contribution < 1.29 is 33.1 Å². The smallest absolute Gasteiger partial charge is 0.352 e. The summed E-state index contributed by atoms with van der Waals surface area (Å²) in [6, 6.07) is -0.0476. The van der Waals surface area contributed by atoms with Gasteiger partial charge in [0.1, 0.15) is 12.0 Å². The Hall–Kier alpha value is -2.27. The third-order valence-electron chi connectivity index (χ3n) is 3.96. The van der Waals surface area contributed by atoms with Crippen LogP contribution in [0.5, 0.6) is 0 Å². The van der Waals surface area contributed by atoms with Crippen LogP contribution in [0, 0.1) is 5.41 Å². The van der Waals surface area contributed by atoms with Gasteiger partial charge in [0, 0.05) is 12.3 Å². The summed E-state index contributed by atoms with van der Waals surface area (Å²) in [5.41, 5.74) is 4.58. The van der Waals surface area contributed by atoms with Crippen LogP contribution < -0.4 is 21.7 Å². The van der Waals surface area contributed by atoms with E-state index in [1.54, 1.807) is 20.8 Å². The van der Waals surface area contributed by atoms with Crippen molar-refractivity contribution in [1.82, 2.24) is 16.0 Å². The number of allylic oxidation sites excluding steroid dienone is 1. The number of hydrogen-bond donors (Lipinski definition) is 5. The quantitative estimate of drug-likeness (QED) is 0.0739. The molecule has 1 rings (SSSR count). The summed E-state index contributed by atoms with van der Waals surface area (Å²) in [6.07, 6.45) is 2.07. The van der Waals surface area contributed by atoms with Gasteiger partial charge in [0.25, 0.3) is 5.91 Å². The van der Waals surface area contributed by atoms with Crippen LogP contribution >= 0.6 is 7.60 Å². The van der Waals surface area contributed by atoms with Crippen LogP contribution in [-0.2, 0) is 28.2 Å². The molecule has 1 aliphatic rings. The lowest BCUT2D eigenvalue weighted by molar-refractivity contribution is -0.159. The molecule has 0 bridgehead atoms. The van der Waals surface area contributed by atoms with E-state index in [-0.39, 0.29) is 17.4 Å². The second-order valence-corrected chi connectivity index (χ2v) is 9.42. The van der Waals surface area contributed by atoms with E-state index < -0.39 is 38.0 Å². The lowest BCUT2D eigenvalue weighted by atomic mass is 9.98. The summed E-state index contributed by atoms with van der Waals surface area (Å²) in [5, 5.41) is 8.16. The van der Waals surface area contributed by atoms with Crippen molar-refractivity contribution in [2.75, 3.05) is 26.2 Å². The average Bonchev–Trinajstić information content (AvgIpc) is 2.66. The molecule has 1 heterocycles. The van der Waals surface area contributed by atoms with E-state index in [1.165, 1.54) is 0 Å². The lowest BCUT2D eigenvalue weighted by Gasteiger charge is -2.23. The van der Waals surface area contributed by atoms with Crippen LogP contribution in [0.3, 0.4) is 0 Å². The number of nitrogens with zero attached hydrogens (tertiary/aromatic N) is 1. The minimum atomic E-state index is -4.22. The maximum Gasteiger partial charge on any atom is 0.352 e. The Morgan fingerprint density at radius 3 is 2.53 bits per heavy atom. The molecule has 0 radical (unpaired) electrons. The molecule has 12 nitrogen and oxygen atoms in total. The number of rotatable bonds is 10. The molecule has 6 N–H and O–H groups in total. The van der Waals surface area contributed by atoms with Gasteiger partial charge in [-0.15, -0.1) is 0 Å². The van der Waals surface area contributed by atoms with Gasteiger partial charge in [-0.1, -0.05) is 0 Å². The molecule has 170 valence electrons. The predicted molar refractivity (Wildman–Crippen MR) is 109 cm³/mol. The second-order valence-electron chi connectivity index (χ2n) is 7.61. The number of ether oxygens (including phenoxy) is 1. The van der Waals surface area contributed by atoms with Gasteiger partial charge in [-0.25, -0.2) is 0 Å². The molecule has 1 unspecified atom stereocenters. The zero-order chi connectivity index (χ0) is 22.8. The molecule has 2 amide bonds. The zero-order valence-corrected chi connectivity index (χ0v) is 18.2. The van der Waals surface area contributed by atoms with Crippen molar-refractivity contribution >= 4 is 32.1 Å². The highest BCUT2D eigenvalue weighted by Crippen LogP contribution is 2.41. The molecule has 1 aliphatic heterocycles. The molecular formula is C17H30N5O7P. The van der Waals surface area contributed by atoms with E-state index in [9.17, 15) is 23.8 Å². The molecule has 13 heteroatoms. The first-order valence-electron chi connectivity index (χ1n) is 9.31. The van der Waals surface area contributed by atoms with Gasteiger partial charge in [-0.3, -0.25) is 28.5 Å². The van der Waals surface area contributed by atoms with Crippen molar-refractivity contribution in [2.45, 2.75) is 39.7 Å². The van der Waals surface area contributed by atoms with Crippen LogP contribution in [0.25, 0.3) is 0 Å². The Kier molecular flexibility index (Phi) is 10.1. The number of carbonyl (C=O) groups is 3. The van der Waals surface area contributed by atoms with Gasteiger partial charge >= 0.3 is 13.6 Å². The topological polar surface area (TPSA) is 181 Å². The molecule has 0 aromatic heterocycles. The second kappa shape index (κ2) is 11.8. The largest absolute Gasteiger partial charge is 0.438 e. The molecule has 30 heavy (non-hydrogen) atoms. The van der Waals surface area contributed by atoms with Crippen LogP contribution in [0.1, 0.15) is 33.6 Å². The fourth-order valence-electron chi connectivity index (χ4n) is 2.25. The molecule has 0 aliphatic carbocycles. The van der Waals surface area contributed by atoms with Crippen molar-refractivity contribution in [3.63, 3.8) is 0 Å². The van der Waals surface area contributed by atoms with E-state index in [0.29, 0.717) is 6.41 Å². The first-order chi connectivity index (χ1) is 14.0. The number of nitrogens with two attached hydrogens (primary N) is 1. The van der Waals surface area contributed by atoms with Crippen LogP contribution in [0.4, 0.5) is 0 Å². The Morgan fingerprint density at radius 2 is 1.97 bits per heavy atom. The van der Waals surface area contributed by atoms with Crippen molar-refractivity contribution in [3.05, 3.63) is 11.4 Å². The molecule has 1 fully saturated rings. The van der Waals surface area contributed by atoms with E-state index >= 15 is 0 Å². The molecule has 1 saturated heterocycles. The third-order valence-corrected chi connectivity index (χ3v) is 4.99. The minimum Gasteiger partial charge on any atom is -0.438 e. The highest BCUT2D eigenvalue weighted by molar-refractivity contribution is 7.52. The summed E-state index contributed by atoms with van der Waals surface area (Å²) in [5.74, 6) is -1.19. The Balaban J connectivity index is 2.66. The number of carbonyl (C=O) groups excluding carboxylic acids is 3. The standard InChI is InChI=1S/C17H30N5O7P/c1-17(2,3)16(25)28-11-29-30(26,27)10-20-8-13(21-9-23)14(18)15(24)22-12-4-6-19-7-5-12/h8-9,12,19H,4-7,10-11,18H2,1-3H3,(H,21,23)(H,22,24)(H,26,27)/b14-13+,20-8+. The summed E-state index contributed by atoms with van der Waals surface area (Å²) in [6.45, 7) is 5.70. The van der Waals surface area contributed by atoms with Gasteiger partial charge in [-0.05, 0) is 46.7 Å². The van der Waals surface area contributed by atoms with Crippen molar-refractivity contribution in [2.24, 2.45) is 16.1 Å². The molecule has 0 spiro atoms. The first kappa shape index (κ1) is 25.8. The normalized spacial score (nSPS) is 18.3. The predicted octanol–water partition coefficient (Wildman–Crippen LogP) is -0.452. The van der Waals surface area contributed by atoms with Gasteiger partial charge < -0.3 is 31.3 Å². The number of amides is 2. The fourth-order valence-corrected chi connectivity index (χ4v) is 2.84. The average molecular weight is 447 g/mol. The first-order valence-corrected chi connectivity index (χ1v) is 11.1. The number of aliphatic imine (C=N–C) groups is 1. The minimum absolute atomic E-state index is 0.0476. The monoisotopic (exact) mass is 447 g/mol. The van der Waals surface area contributed by atoms with E-state index in [4.69, 9.17) is 10.5 Å². The molecule has 1 atom stereocenters. The SMILES string of the molecule is CC(C)(C)C(=O)OCOP(=O)(O)C/N=C/C(NC=O)=C(\N)C(=O)NC1CCNCC1. The number of esters is 1. The highest BCUT2D eigenvalue weighted by atomic mass is 31.2. The number of hydrogen-bond acceptors (Lipinski definition) is 9. The fraction of sp³-hybridized carbons (Fsp3) is 0.647. The van der Waals surface area contributed by atoms with Gasteiger partial charge in [-0.2, -0.15) is 0 Å². The maximum atomic E-state index is 12.3. The molecule has 0 aromatic rings. The Morgan fingerprint density at radius 1 is 1.33 bits per heavy atom. The third kappa shape index (κ3) is 9.49. The van der Waals surface area contributed by atoms with Gasteiger partial charge in [0.15, 0.2) is 0 Å². The van der Waals surface area contributed by atoms with Crippen LogP contribution in [0.2, 0.25) is 0 Å². The van der Waals surface area contributed by atoms with Gasteiger partial charge in [0.05, 0.1) is 11.1 Å². The van der Waals surface area contributed by atoms with Crippen LogP contribution in [-0.4, -0.2) is 61.6 Å². The van der Waals surface area contributed by atoms with Gasteiger partial charge in [0.2, 0.25) is 13.2 Å². The number of nitrogens with one attached hydrogen (secondary N) is 3. The summed E-state index contributed by atoms with van der Waals surface area (Å²) in [7, 11) is -4.22. The molecule has 0 aromatic carbocycles. The van der Waals surface area contributed by atoms with Crippen molar-refractivity contribution in [3.8, 4) is 0 Å². The Labute approximate surface area is 175 Å². The highest BCUT2D eigenvalue weighted by Gasteiger charge is 2.25. The molecular weight excluding hydrogens is 417 g/mol. The number of piperidine rings is 1. The maximum absolute atomic E-state index is 12.3. The van der Waals surface area contributed by atoms with Crippen molar-refractivity contribution in [1.29, 1.82) is 0 Å². The summed E-state index contributed by atoms with van der Waals surface area (Å²) >= 11 is 0. The zero-order valence-electron chi connectivity index (χ0n) is 17.3.